The Morgan fingerprint density at radius 2 is 2.19 bits per heavy atom. The molecule has 3 rings (SSSR count). The van der Waals surface area contributed by atoms with Gasteiger partial charge in [0.05, 0.1) is 18.3 Å². The van der Waals surface area contributed by atoms with Crippen molar-refractivity contribution in [2.45, 2.75) is 64.0 Å². The topological polar surface area (TPSA) is 39.1 Å². The van der Waals surface area contributed by atoms with Crippen molar-refractivity contribution in [3.05, 3.63) is 18.0 Å². The maximum absolute atomic E-state index is 5.70. The highest BCUT2D eigenvalue weighted by molar-refractivity contribution is 5.03. The van der Waals surface area contributed by atoms with Crippen molar-refractivity contribution >= 4 is 0 Å². The number of ether oxygens (including phenoxy) is 1. The molecule has 4 heteroatoms. The van der Waals surface area contributed by atoms with Gasteiger partial charge in [0.25, 0.3) is 0 Å². The summed E-state index contributed by atoms with van der Waals surface area (Å²) in [5.74, 6) is 0.567. The van der Waals surface area contributed by atoms with E-state index in [0.29, 0.717) is 18.0 Å². The van der Waals surface area contributed by atoms with Gasteiger partial charge in [0.15, 0.2) is 0 Å². The van der Waals surface area contributed by atoms with E-state index >= 15 is 0 Å². The van der Waals surface area contributed by atoms with Crippen molar-refractivity contribution in [2.75, 3.05) is 19.8 Å². The van der Waals surface area contributed by atoms with Crippen LogP contribution in [0.15, 0.2) is 12.3 Å². The summed E-state index contributed by atoms with van der Waals surface area (Å²) in [5, 5.41) is 8.52. The molecule has 1 aromatic heterocycles. The molecule has 1 N–H and O–H groups in total. The standard InChI is InChI=1S/C17H29N3O/c1-2-9-18-17-8-11-21-13-14(17)12-15-7-10-20(19-15)16-5-3-4-6-16/h7,10,14,16-18H,2-6,8-9,11-13H2,1H3. The number of nitrogens with zero attached hydrogens (tertiary/aromatic N) is 2. The molecule has 2 heterocycles. The van der Waals surface area contributed by atoms with E-state index in [9.17, 15) is 0 Å². The molecule has 1 aromatic rings. The molecule has 118 valence electrons. The van der Waals surface area contributed by atoms with Crippen LogP contribution in [0.25, 0.3) is 0 Å². The molecule has 1 aliphatic carbocycles. The predicted octanol–water partition coefficient (Wildman–Crippen LogP) is 2.95. The van der Waals surface area contributed by atoms with Gasteiger partial charge in [-0.2, -0.15) is 5.10 Å². The first-order valence-corrected chi connectivity index (χ1v) is 8.72. The Bertz CT molecular complexity index is 425. The van der Waals surface area contributed by atoms with Crippen molar-refractivity contribution in [1.82, 2.24) is 15.1 Å². The van der Waals surface area contributed by atoms with Crippen LogP contribution in [0.5, 0.6) is 0 Å². The molecule has 0 aromatic carbocycles. The third-order valence-corrected chi connectivity index (χ3v) is 4.96. The quantitative estimate of drug-likeness (QED) is 0.876. The van der Waals surface area contributed by atoms with Crippen molar-refractivity contribution in [3.8, 4) is 0 Å². The van der Waals surface area contributed by atoms with E-state index < -0.39 is 0 Å². The summed E-state index contributed by atoms with van der Waals surface area (Å²) in [6.07, 6.45) is 10.9. The largest absolute Gasteiger partial charge is 0.381 e. The van der Waals surface area contributed by atoms with E-state index in [0.717, 1.165) is 32.6 Å². The molecule has 1 saturated carbocycles. The number of rotatable bonds is 6. The van der Waals surface area contributed by atoms with Crippen molar-refractivity contribution in [3.63, 3.8) is 0 Å². The van der Waals surface area contributed by atoms with Gasteiger partial charge in [-0.3, -0.25) is 4.68 Å². The minimum absolute atomic E-state index is 0.567. The van der Waals surface area contributed by atoms with Crippen LogP contribution >= 0.6 is 0 Å². The highest BCUT2D eigenvalue weighted by Crippen LogP contribution is 2.29. The first-order valence-electron chi connectivity index (χ1n) is 8.72. The number of hydrogen-bond donors (Lipinski definition) is 1. The molecule has 0 radical (unpaired) electrons. The van der Waals surface area contributed by atoms with Crippen LogP contribution in [-0.4, -0.2) is 35.6 Å². The highest BCUT2D eigenvalue weighted by Gasteiger charge is 2.26. The lowest BCUT2D eigenvalue weighted by atomic mass is 9.91. The van der Waals surface area contributed by atoms with E-state index in [-0.39, 0.29) is 0 Å². The third-order valence-electron chi connectivity index (χ3n) is 4.96. The maximum Gasteiger partial charge on any atom is 0.0628 e. The van der Waals surface area contributed by atoms with Crippen molar-refractivity contribution < 1.29 is 4.74 Å². The molecule has 2 fully saturated rings. The fourth-order valence-corrected chi connectivity index (χ4v) is 3.72. The summed E-state index contributed by atoms with van der Waals surface area (Å²) >= 11 is 0. The molecule has 2 aliphatic rings. The Morgan fingerprint density at radius 3 is 3.00 bits per heavy atom. The minimum Gasteiger partial charge on any atom is -0.381 e. The fraction of sp³-hybridized carbons (Fsp3) is 0.824. The van der Waals surface area contributed by atoms with Crippen LogP contribution in [0, 0.1) is 5.92 Å². The molecular formula is C17H29N3O. The molecule has 4 nitrogen and oxygen atoms in total. The second kappa shape index (κ2) is 7.41. The van der Waals surface area contributed by atoms with Gasteiger partial charge in [0, 0.05) is 24.8 Å². The van der Waals surface area contributed by atoms with Crippen LogP contribution < -0.4 is 5.32 Å². The third kappa shape index (κ3) is 3.86. The van der Waals surface area contributed by atoms with E-state index in [1.165, 1.54) is 37.8 Å². The zero-order valence-corrected chi connectivity index (χ0v) is 13.3. The molecule has 0 spiro atoms. The average Bonchev–Trinajstić information content (AvgIpc) is 3.17. The Balaban J connectivity index is 1.58. The van der Waals surface area contributed by atoms with Crippen LogP contribution in [0.2, 0.25) is 0 Å². The minimum atomic E-state index is 0.567. The van der Waals surface area contributed by atoms with E-state index in [4.69, 9.17) is 9.84 Å². The Morgan fingerprint density at radius 1 is 1.33 bits per heavy atom. The lowest BCUT2D eigenvalue weighted by molar-refractivity contribution is 0.0318. The molecule has 21 heavy (non-hydrogen) atoms. The highest BCUT2D eigenvalue weighted by atomic mass is 16.5. The van der Waals surface area contributed by atoms with E-state index in [1.807, 2.05) is 0 Å². The van der Waals surface area contributed by atoms with Gasteiger partial charge in [-0.05, 0) is 44.7 Å². The number of hydrogen-bond acceptors (Lipinski definition) is 3. The van der Waals surface area contributed by atoms with Crippen LogP contribution in [-0.2, 0) is 11.2 Å². The maximum atomic E-state index is 5.70. The monoisotopic (exact) mass is 291 g/mol. The summed E-state index contributed by atoms with van der Waals surface area (Å²) in [6.45, 7) is 5.11. The molecular weight excluding hydrogens is 262 g/mol. The van der Waals surface area contributed by atoms with E-state index in [1.54, 1.807) is 0 Å². The molecule has 1 saturated heterocycles. The van der Waals surface area contributed by atoms with Gasteiger partial charge in [-0.15, -0.1) is 0 Å². The Hall–Kier alpha value is -0.870. The number of nitrogens with one attached hydrogen (secondary N) is 1. The lowest BCUT2D eigenvalue weighted by Crippen LogP contribution is -2.44. The number of aromatic nitrogens is 2. The molecule has 2 unspecified atom stereocenters. The van der Waals surface area contributed by atoms with Gasteiger partial charge in [-0.1, -0.05) is 19.8 Å². The van der Waals surface area contributed by atoms with Gasteiger partial charge in [0.2, 0.25) is 0 Å². The fourth-order valence-electron chi connectivity index (χ4n) is 3.72. The molecule has 1 aliphatic heterocycles. The SMILES string of the molecule is CCCNC1CCOCC1Cc1ccn(C2CCCC2)n1. The predicted molar refractivity (Wildman–Crippen MR) is 84.4 cm³/mol. The van der Waals surface area contributed by atoms with Crippen LogP contribution in [0.4, 0.5) is 0 Å². The summed E-state index contributed by atoms with van der Waals surface area (Å²) in [6, 6.07) is 3.45. The van der Waals surface area contributed by atoms with Crippen LogP contribution in [0.3, 0.4) is 0 Å². The Kier molecular flexibility index (Phi) is 5.31. The average molecular weight is 291 g/mol. The van der Waals surface area contributed by atoms with Crippen LogP contribution in [0.1, 0.15) is 57.2 Å². The van der Waals surface area contributed by atoms with Gasteiger partial charge >= 0.3 is 0 Å². The van der Waals surface area contributed by atoms with Gasteiger partial charge in [-0.25, -0.2) is 0 Å². The van der Waals surface area contributed by atoms with Gasteiger partial charge in [0.1, 0.15) is 0 Å². The summed E-state index contributed by atoms with van der Waals surface area (Å²) in [5.41, 5.74) is 1.24. The smallest absolute Gasteiger partial charge is 0.0628 e. The molecule has 0 bridgehead atoms. The Labute approximate surface area is 128 Å². The normalized spacial score (nSPS) is 27.3. The summed E-state index contributed by atoms with van der Waals surface area (Å²) in [4.78, 5) is 0. The first kappa shape index (κ1) is 15.0. The second-order valence-corrected chi connectivity index (χ2v) is 6.61. The zero-order valence-electron chi connectivity index (χ0n) is 13.3. The lowest BCUT2D eigenvalue weighted by Gasteiger charge is -2.32. The second-order valence-electron chi connectivity index (χ2n) is 6.61. The zero-order chi connectivity index (χ0) is 14.5. The molecule has 0 amide bonds. The van der Waals surface area contributed by atoms with Crippen molar-refractivity contribution in [1.29, 1.82) is 0 Å². The van der Waals surface area contributed by atoms with E-state index in [2.05, 4.69) is 29.2 Å². The van der Waals surface area contributed by atoms with Crippen molar-refractivity contribution in [2.24, 2.45) is 5.92 Å². The summed E-state index contributed by atoms with van der Waals surface area (Å²) < 4.78 is 7.91. The molecule has 2 atom stereocenters. The summed E-state index contributed by atoms with van der Waals surface area (Å²) in [7, 11) is 0. The first-order chi connectivity index (χ1) is 10.4. The van der Waals surface area contributed by atoms with Gasteiger partial charge < -0.3 is 10.1 Å².